The molecule has 0 fully saturated rings. The highest BCUT2D eigenvalue weighted by atomic mass is 31.2. The molecule has 0 saturated heterocycles. The first-order valence-corrected chi connectivity index (χ1v) is 36.9. The van der Waals surface area contributed by atoms with Crippen LogP contribution in [0.15, 0.2) is 195 Å². The Morgan fingerprint density at radius 2 is 0.510 bits per heavy atom. The predicted molar refractivity (Wildman–Crippen MR) is 408 cm³/mol. The molecule has 2 aliphatic rings. The summed E-state index contributed by atoms with van der Waals surface area (Å²) < 4.78 is 26.4. The van der Waals surface area contributed by atoms with Gasteiger partial charge in [0.05, 0.1) is 22.1 Å². The Morgan fingerprint density at radius 1 is 0.260 bits per heavy atom. The highest BCUT2D eigenvalue weighted by molar-refractivity contribution is 7.50. The second-order valence-electron chi connectivity index (χ2n) is 28.1. The van der Waals surface area contributed by atoms with Gasteiger partial charge in [-0.2, -0.15) is 0 Å². The standard InChI is InChI=1S/C88H84N4O2P2/c1-53-41-57(5)83(58(6)42-53)71-25-21-67-33-37-89(77(67)49-71)95(90-38-34-68-22-26-72(50-78(68)90)84-59(7)43-54(2)44-60(84)8)93-81-31-29-65-17-13-15-19-75(65)87(81)88-76-20-16-14-18-66(76)30-32-82(88)94-96(91-39-35-69-23-27-73(51-79(69)91)85-61(9)45-55(3)46-62(85)10)92-40-36-70-24-28-74(52-80(70)92)86-63(11)47-56(4)48-64(86)12/h21-52H,13-20H2,1-12H3. The van der Waals surface area contributed by atoms with Gasteiger partial charge in [-0.1, -0.05) is 131 Å². The van der Waals surface area contributed by atoms with Crippen molar-refractivity contribution in [3.8, 4) is 67.1 Å². The Morgan fingerprint density at radius 3 is 0.771 bits per heavy atom. The largest absolute Gasteiger partial charge is 0.435 e. The van der Waals surface area contributed by atoms with Crippen LogP contribution in [0.4, 0.5) is 0 Å². The molecule has 0 spiro atoms. The number of hydrogen-bond donors (Lipinski definition) is 0. The quantitative estimate of drug-likeness (QED) is 0.108. The molecule has 478 valence electrons. The van der Waals surface area contributed by atoms with E-state index in [0.29, 0.717) is 0 Å². The predicted octanol–water partition coefficient (Wildman–Crippen LogP) is 24.7. The summed E-state index contributed by atoms with van der Waals surface area (Å²) in [4.78, 5) is 0. The normalized spacial score (nSPS) is 13.3. The maximum absolute atomic E-state index is 8.29. The van der Waals surface area contributed by atoms with Crippen LogP contribution < -0.4 is 9.05 Å². The van der Waals surface area contributed by atoms with Crippen molar-refractivity contribution < 1.29 is 9.05 Å². The SMILES string of the molecule is Cc1cc(C)c(-c2ccc3ccn(P(Oc4ccc5c(c4-c4c(OP(n6ccc7ccc(-c8c(C)cc(C)cc8C)cc76)n6ccc7ccc(-c8c(C)cc(C)cc8C)cc76)ccc6c4CCCC6)CCCC5)n4ccc5ccc(-c6c(C)cc(C)cc6C)cc54)c3c2)c(C)c1. The molecule has 14 aromatic rings. The zero-order valence-electron chi connectivity index (χ0n) is 57.6. The molecule has 0 aliphatic heterocycles. The van der Waals surface area contributed by atoms with Crippen molar-refractivity contribution in [2.24, 2.45) is 0 Å². The van der Waals surface area contributed by atoms with E-state index < -0.39 is 16.9 Å². The van der Waals surface area contributed by atoms with Crippen molar-refractivity contribution in [2.45, 2.75) is 134 Å². The second kappa shape index (κ2) is 24.5. The summed E-state index contributed by atoms with van der Waals surface area (Å²) >= 11 is 0. The molecule has 6 nitrogen and oxygen atoms in total. The summed E-state index contributed by atoms with van der Waals surface area (Å²) in [5, 5.41) is 4.70. The third kappa shape index (κ3) is 10.8. The molecule has 0 radical (unpaired) electrons. The third-order valence-electron chi connectivity index (χ3n) is 20.9. The minimum atomic E-state index is -1.68. The van der Waals surface area contributed by atoms with Crippen molar-refractivity contribution in [3.63, 3.8) is 0 Å². The number of aromatic nitrogens is 4. The van der Waals surface area contributed by atoms with Gasteiger partial charge in [0.25, 0.3) is 0 Å². The van der Waals surface area contributed by atoms with Crippen LogP contribution in [0, 0.1) is 83.1 Å². The van der Waals surface area contributed by atoms with Crippen LogP contribution in [0.1, 0.15) is 115 Å². The van der Waals surface area contributed by atoms with E-state index in [0.717, 1.165) is 84.9 Å². The lowest BCUT2D eigenvalue weighted by Crippen LogP contribution is -2.13. The molecule has 16 rings (SSSR count). The van der Waals surface area contributed by atoms with Crippen molar-refractivity contribution in [1.29, 1.82) is 0 Å². The fourth-order valence-electron chi connectivity index (χ4n) is 17.1. The minimum absolute atomic E-state index is 0.890. The molecule has 0 unspecified atom stereocenters. The Balaban J connectivity index is 0.923. The summed E-state index contributed by atoms with van der Waals surface area (Å²) in [7, 11) is -3.37. The smallest absolute Gasteiger partial charge is 0.318 e. The second-order valence-corrected chi connectivity index (χ2v) is 31.2. The number of benzene rings is 10. The van der Waals surface area contributed by atoms with E-state index >= 15 is 0 Å². The van der Waals surface area contributed by atoms with Crippen molar-refractivity contribution in [3.05, 3.63) is 284 Å². The Hall–Kier alpha value is -9.18. The molecule has 0 bridgehead atoms. The van der Waals surface area contributed by atoms with Gasteiger partial charge in [-0.15, -0.1) is 0 Å². The van der Waals surface area contributed by atoms with E-state index in [2.05, 4.69) is 295 Å². The maximum atomic E-state index is 8.29. The molecule has 4 heterocycles. The number of rotatable bonds is 13. The molecule has 0 N–H and O–H groups in total. The van der Waals surface area contributed by atoms with Gasteiger partial charge in [0, 0.05) is 57.5 Å². The molecule has 4 aromatic heterocycles. The zero-order valence-corrected chi connectivity index (χ0v) is 59.4. The average molecular weight is 1290 g/mol. The molecule has 2 aliphatic carbocycles. The lowest BCUT2D eigenvalue weighted by atomic mass is 9.80. The van der Waals surface area contributed by atoms with Crippen molar-refractivity contribution in [2.75, 3.05) is 0 Å². The molecule has 0 saturated carbocycles. The van der Waals surface area contributed by atoms with Crippen LogP contribution in [-0.4, -0.2) is 17.4 Å². The van der Waals surface area contributed by atoms with Gasteiger partial charge in [0.2, 0.25) is 0 Å². The Bertz CT molecular complexity index is 4790. The van der Waals surface area contributed by atoms with Gasteiger partial charge in [-0.25, -0.2) is 0 Å². The van der Waals surface area contributed by atoms with Crippen molar-refractivity contribution >= 4 is 60.5 Å². The molecule has 8 heteroatoms. The number of aryl methyl sites for hydroxylation is 14. The summed E-state index contributed by atoms with van der Waals surface area (Å²) in [6.45, 7) is 26.9. The van der Waals surface area contributed by atoms with Gasteiger partial charge in [0.1, 0.15) is 11.5 Å². The van der Waals surface area contributed by atoms with Crippen LogP contribution in [0.2, 0.25) is 0 Å². The Kier molecular flexibility index (Phi) is 15.7. The third-order valence-corrected chi connectivity index (χ3v) is 24.5. The van der Waals surface area contributed by atoms with Crippen LogP contribution in [0.5, 0.6) is 11.5 Å². The van der Waals surface area contributed by atoms with Gasteiger partial charge in [-0.05, 0) is 306 Å². The maximum Gasteiger partial charge on any atom is 0.318 e. The van der Waals surface area contributed by atoms with E-state index in [4.69, 9.17) is 9.05 Å². The molecule has 0 amide bonds. The highest BCUT2D eigenvalue weighted by Crippen LogP contribution is 2.57. The van der Waals surface area contributed by atoms with Gasteiger partial charge >= 0.3 is 16.9 Å². The first kappa shape index (κ1) is 61.7. The first-order valence-electron chi connectivity index (χ1n) is 34.5. The van der Waals surface area contributed by atoms with Gasteiger partial charge < -0.3 is 9.05 Å². The highest BCUT2D eigenvalue weighted by Gasteiger charge is 2.33. The van der Waals surface area contributed by atoms with Crippen LogP contribution >= 0.6 is 16.9 Å². The summed E-state index contributed by atoms with van der Waals surface area (Å²) in [5.41, 5.74) is 37.9. The Labute approximate surface area is 568 Å². The average Bonchev–Trinajstić information content (AvgIpc) is 1.19. The minimum Gasteiger partial charge on any atom is -0.435 e. The van der Waals surface area contributed by atoms with Crippen LogP contribution in [0.25, 0.3) is 99.2 Å². The fourth-order valence-corrected chi connectivity index (χ4v) is 20.7. The lowest BCUT2D eigenvalue weighted by molar-refractivity contribution is 0.582. The number of nitrogens with zero attached hydrogens (tertiary/aromatic N) is 4. The summed E-state index contributed by atoms with van der Waals surface area (Å²) in [5.74, 6) is 1.78. The first-order chi connectivity index (χ1) is 46.5. The summed E-state index contributed by atoms with van der Waals surface area (Å²) in [6, 6.07) is 65.3. The lowest BCUT2D eigenvalue weighted by Gasteiger charge is -2.31. The molecule has 96 heavy (non-hydrogen) atoms. The van der Waals surface area contributed by atoms with Crippen LogP contribution in [-0.2, 0) is 25.7 Å². The number of hydrogen-bond acceptors (Lipinski definition) is 2. The zero-order chi connectivity index (χ0) is 65.9. The molecule has 0 atom stereocenters. The molecular weight excluding hydrogens is 1210 g/mol. The van der Waals surface area contributed by atoms with Gasteiger partial charge in [-0.3, -0.25) is 17.4 Å². The summed E-state index contributed by atoms with van der Waals surface area (Å²) in [6.07, 6.45) is 17.6. The molecular formula is C88H84N4O2P2. The molecule has 10 aromatic carbocycles. The van der Waals surface area contributed by atoms with E-state index in [1.807, 2.05) is 0 Å². The monoisotopic (exact) mass is 1290 g/mol. The van der Waals surface area contributed by atoms with Crippen molar-refractivity contribution in [1.82, 2.24) is 17.4 Å². The fraction of sp³-hybridized carbons (Fsp3) is 0.227. The number of fused-ring (bicyclic) bond motifs is 6. The van der Waals surface area contributed by atoms with Crippen LogP contribution in [0.3, 0.4) is 0 Å². The van der Waals surface area contributed by atoms with Gasteiger partial charge in [0.15, 0.2) is 0 Å². The van der Waals surface area contributed by atoms with E-state index in [1.165, 1.54) is 166 Å². The van der Waals surface area contributed by atoms with E-state index in [-0.39, 0.29) is 0 Å². The van der Waals surface area contributed by atoms with E-state index in [1.54, 1.807) is 0 Å². The topological polar surface area (TPSA) is 38.2 Å². The van der Waals surface area contributed by atoms with E-state index in [9.17, 15) is 0 Å².